The van der Waals surface area contributed by atoms with E-state index in [0.29, 0.717) is 13.2 Å². The molecule has 0 aliphatic rings. The van der Waals surface area contributed by atoms with Crippen LogP contribution in [-0.4, -0.2) is 26.3 Å². The van der Waals surface area contributed by atoms with Crippen molar-refractivity contribution in [3.05, 3.63) is 35.9 Å². The third kappa shape index (κ3) is 3.97. The lowest BCUT2D eigenvalue weighted by Crippen LogP contribution is -2.35. The van der Waals surface area contributed by atoms with Gasteiger partial charge < -0.3 is 20.9 Å². The van der Waals surface area contributed by atoms with Crippen LogP contribution in [0.4, 0.5) is 0 Å². The molecule has 0 radical (unpaired) electrons. The molecule has 0 aliphatic heterocycles. The third-order valence-corrected chi connectivity index (χ3v) is 2.05. The molecule has 4 nitrogen and oxygen atoms in total. The Morgan fingerprint density at radius 2 is 1.93 bits per heavy atom. The molecule has 4 N–H and O–H groups in total. The molecule has 1 aromatic carbocycles. The van der Waals surface area contributed by atoms with Crippen LogP contribution < -0.4 is 11.5 Å². The number of benzene rings is 1. The molecule has 4 heteroatoms. The van der Waals surface area contributed by atoms with E-state index in [1.807, 2.05) is 30.3 Å². The number of ether oxygens (including phenoxy) is 2. The second-order valence-corrected chi connectivity index (χ2v) is 3.31. The zero-order valence-corrected chi connectivity index (χ0v) is 8.93. The average Bonchev–Trinajstić information content (AvgIpc) is 2.31. The Kier molecular flexibility index (Phi) is 5.28. The monoisotopic (exact) mass is 210 g/mol. The van der Waals surface area contributed by atoms with Crippen LogP contribution >= 0.6 is 0 Å². The van der Waals surface area contributed by atoms with Crippen LogP contribution in [0.1, 0.15) is 11.9 Å². The maximum Gasteiger partial charge on any atom is 0.183 e. The van der Waals surface area contributed by atoms with Crippen LogP contribution in [0.15, 0.2) is 30.3 Å². The van der Waals surface area contributed by atoms with Gasteiger partial charge in [0.05, 0.1) is 6.61 Å². The van der Waals surface area contributed by atoms with Gasteiger partial charge in [0.2, 0.25) is 0 Å². The van der Waals surface area contributed by atoms with Gasteiger partial charge in [0.1, 0.15) is 0 Å². The molecule has 84 valence electrons. The van der Waals surface area contributed by atoms with Gasteiger partial charge in [0.15, 0.2) is 6.29 Å². The number of hydrogen-bond donors (Lipinski definition) is 2. The van der Waals surface area contributed by atoms with Crippen molar-refractivity contribution >= 4 is 0 Å². The molecule has 0 spiro atoms. The van der Waals surface area contributed by atoms with Crippen molar-refractivity contribution in [1.29, 1.82) is 0 Å². The molecule has 0 saturated carbocycles. The Labute approximate surface area is 90.2 Å². The minimum absolute atomic E-state index is 0.147. The van der Waals surface area contributed by atoms with Crippen LogP contribution in [-0.2, 0) is 9.47 Å². The molecule has 15 heavy (non-hydrogen) atoms. The van der Waals surface area contributed by atoms with Crippen molar-refractivity contribution in [2.45, 2.75) is 12.3 Å². The summed E-state index contributed by atoms with van der Waals surface area (Å²) in [6.07, 6.45) is -0.371. The van der Waals surface area contributed by atoms with Crippen LogP contribution in [0.2, 0.25) is 0 Å². The summed E-state index contributed by atoms with van der Waals surface area (Å²) in [4.78, 5) is 0. The van der Waals surface area contributed by atoms with Gasteiger partial charge in [-0.1, -0.05) is 30.3 Å². The predicted molar refractivity (Wildman–Crippen MR) is 59.2 cm³/mol. The van der Waals surface area contributed by atoms with Crippen molar-refractivity contribution < 1.29 is 9.47 Å². The highest BCUT2D eigenvalue weighted by atomic mass is 16.7. The molecule has 0 heterocycles. The zero-order chi connectivity index (χ0) is 11.1. The molecular weight excluding hydrogens is 192 g/mol. The molecule has 2 atom stereocenters. The summed E-state index contributed by atoms with van der Waals surface area (Å²) in [7, 11) is 1.60. The van der Waals surface area contributed by atoms with Gasteiger partial charge in [0, 0.05) is 25.3 Å². The number of methoxy groups -OCH3 is 1. The first-order valence-electron chi connectivity index (χ1n) is 4.93. The Balaban J connectivity index is 2.50. The highest BCUT2D eigenvalue weighted by Gasteiger charge is 2.11. The van der Waals surface area contributed by atoms with Crippen LogP contribution in [0, 0.1) is 0 Å². The topological polar surface area (TPSA) is 70.5 Å². The first-order valence-corrected chi connectivity index (χ1v) is 4.93. The largest absolute Gasteiger partial charge is 0.352 e. The van der Waals surface area contributed by atoms with E-state index in [2.05, 4.69) is 0 Å². The quantitative estimate of drug-likeness (QED) is 0.676. The maximum absolute atomic E-state index is 5.65. The molecule has 0 saturated heterocycles. The summed E-state index contributed by atoms with van der Waals surface area (Å²) in [5.74, 6) is 0. The highest BCUT2D eigenvalue weighted by molar-refractivity contribution is 5.15. The lowest BCUT2D eigenvalue weighted by molar-refractivity contribution is -0.130. The van der Waals surface area contributed by atoms with Gasteiger partial charge >= 0.3 is 0 Å². The molecule has 0 fully saturated rings. The number of rotatable bonds is 6. The Morgan fingerprint density at radius 1 is 1.27 bits per heavy atom. The number of nitrogens with two attached hydrogens (primary N) is 2. The van der Waals surface area contributed by atoms with Gasteiger partial charge in [-0.2, -0.15) is 0 Å². The molecule has 0 amide bonds. The summed E-state index contributed by atoms with van der Waals surface area (Å²) < 4.78 is 10.7. The van der Waals surface area contributed by atoms with E-state index >= 15 is 0 Å². The summed E-state index contributed by atoms with van der Waals surface area (Å²) in [6, 6.07) is 9.57. The lowest BCUT2D eigenvalue weighted by atomic mass is 10.2. The maximum atomic E-state index is 5.65. The molecule has 1 rings (SSSR count). The minimum atomic E-state index is -0.371. The highest BCUT2D eigenvalue weighted by Crippen LogP contribution is 2.17. The van der Waals surface area contributed by atoms with Crippen molar-refractivity contribution in [1.82, 2.24) is 0 Å². The fraction of sp³-hybridized carbons (Fsp3) is 0.455. The molecule has 1 unspecified atom stereocenters. The first kappa shape index (κ1) is 12.1. The fourth-order valence-electron chi connectivity index (χ4n) is 1.19. The average molecular weight is 210 g/mol. The van der Waals surface area contributed by atoms with Gasteiger partial charge in [-0.15, -0.1) is 0 Å². The van der Waals surface area contributed by atoms with Crippen LogP contribution in [0.5, 0.6) is 0 Å². The van der Waals surface area contributed by atoms with Gasteiger partial charge in [-0.3, -0.25) is 0 Å². The van der Waals surface area contributed by atoms with Gasteiger partial charge in [-0.25, -0.2) is 0 Å². The van der Waals surface area contributed by atoms with Crippen LogP contribution in [0.3, 0.4) is 0 Å². The molecule has 0 aromatic heterocycles. The second-order valence-electron chi connectivity index (χ2n) is 3.31. The molecular formula is C11H18N2O2. The molecule has 1 aromatic rings. The van der Waals surface area contributed by atoms with Crippen molar-refractivity contribution in [3.8, 4) is 0 Å². The molecule has 0 bridgehead atoms. The predicted octanol–water partition coefficient (Wildman–Crippen LogP) is 0.634. The molecule has 0 aliphatic carbocycles. The van der Waals surface area contributed by atoms with Crippen molar-refractivity contribution in [2.24, 2.45) is 11.5 Å². The Bertz CT molecular complexity index is 267. The number of hydrogen-bond acceptors (Lipinski definition) is 4. The Morgan fingerprint density at radius 3 is 2.47 bits per heavy atom. The van der Waals surface area contributed by atoms with E-state index in [1.54, 1.807) is 7.11 Å². The van der Waals surface area contributed by atoms with Crippen LogP contribution in [0.25, 0.3) is 0 Å². The summed E-state index contributed by atoms with van der Waals surface area (Å²) in [5.41, 5.74) is 12.0. The lowest BCUT2D eigenvalue weighted by Gasteiger charge is -2.18. The fourth-order valence-corrected chi connectivity index (χ4v) is 1.19. The standard InChI is InChI=1S/C11H18N2O2/c1-14-11(15-8-10(13)7-12)9-5-3-2-4-6-9/h2-6,10-11H,7-8,12-13H2,1H3/t10-,11?/m0/s1. The first-order chi connectivity index (χ1) is 7.27. The normalized spacial score (nSPS) is 14.9. The van der Waals surface area contributed by atoms with Crippen molar-refractivity contribution in [3.63, 3.8) is 0 Å². The minimum Gasteiger partial charge on any atom is -0.352 e. The summed E-state index contributed by atoms with van der Waals surface area (Å²) in [6.45, 7) is 0.801. The summed E-state index contributed by atoms with van der Waals surface area (Å²) in [5, 5.41) is 0. The van der Waals surface area contributed by atoms with Gasteiger partial charge in [-0.05, 0) is 0 Å². The zero-order valence-electron chi connectivity index (χ0n) is 8.93. The van der Waals surface area contributed by atoms with E-state index in [4.69, 9.17) is 20.9 Å². The van der Waals surface area contributed by atoms with Crippen molar-refractivity contribution in [2.75, 3.05) is 20.3 Å². The smallest absolute Gasteiger partial charge is 0.183 e. The van der Waals surface area contributed by atoms with E-state index in [0.717, 1.165) is 5.56 Å². The summed E-state index contributed by atoms with van der Waals surface area (Å²) >= 11 is 0. The Hall–Kier alpha value is -0.940. The third-order valence-electron chi connectivity index (χ3n) is 2.05. The SMILES string of the molecule is COC(OC[C@@H](N)CN)c1ccccc1. The van der Waals surface area contributed by atoms with E-state index < -0.39 is 0 Å². The van der Waals surface area contributed by atoms with E-state index in [1.165, 1.54) is 0 Å². The van der Waals surface area contributed by atoms with E-state index in [-0.39, 0.29) is 12.3 Å². The second kappa shape index (κ2) is 6.53. The van der Waals surface area contributed by atoms with E-state index in [9.17, 15) is 0 Å². The van der Waals surface area contributed by atoms with Gasteiger partial charge in [0.25, 0.3) is 0 Å².